The Balaban J connectivity index is 0.000000522. The fourth-order valence-electron chi connectivity index (χ4n) is 6.23. The molecule has 2 rings (SSSR count). The first kappa shape index (κ1) is 29.7. The van der Waals surface area contributed by atoms with Crippen LogP contribution in [0, 0.1) is 41.4 Å². The predicted octanol–water partition coefficient (Wildman–Crippen LogP) is 10.7. The molecule has 2 aliphatic rings. The summed E-state index contributed by atoms with van der Waals surface area (Å²) in [5.41, 5.74) is 1.75. The maximum atomic E-state index is 2.48. The van der Waals surface area contributed by atoms with Crippen molar-refractivity contribution in [1.82, 2.24) is 0 Å². The number of rotatable bonds is 8. The van der Waals surface area contributed by atoms with E-state index in [0.29, 0.717) is 0 Å². The second-order valence-corrected chi connectivity index (χ2v) is 10.3. The Morgan fingerprint density at radius 1 is 0.900 bits per heavy atom. The van der Waals surface area contributed by atoms with Crippen molar-refractivity contribution in [3.05, 3.63) is 11.6 Å². The standard InChI is InChI=1S/C15H28.C13H26.C2H6/c1-5-8-12(4)15-10-9-13(6-2)14(7-3)11-15;1-5-10(3)11(4)13-9-7-8-12(13)6-2;1-2/h7,12-13,15H,5-6,8-11H2,1-4H3;10-13H,5-9H2,1-4H3;1-2H3/b14-7-;;. The molecule has 0 aromatic heterocycles. The van der Waals surface area contributed by atoms with Crippen LogP contribution < -0.4 is 0 Å². The Labute approximate surface area is 193 Å². The topological polar surface area (TPSA) is 0 Å². The zero-order valence-corrected chi connectivity index (χ0v) is 22.9. The lowest BCUT2D eigenvalue weighted by Gasteiger charge is -2.34. The van der Waals surface area contributed by atoms with Gasteiger partial charge in [0, 0.05) is 0 Å². The third-order valence-corrected chi connectivity index (χ3v) is 8.78. The van der Waals surface area contributed by atoms with E-state index in [-0.39, 0.29) is 0 Å². The molecule has 0 saturated heterocycles. The molecule has 0 nitrogen and oxygen atoms in total. The Kier molecular flexibility index (Phi) is 17.2. The van der Waals surface area contributed by atoms with Gasteiger partial charge >= 0.3 is 0 Å². The lowest BCUT2D eigenvalue weighted by atomic mass is 9.72. The Hall–Kier alpha value is -0.260. The van der Waals surface area contributed by atoms with E-state index in [2.05, 4.69) is 61.5 Å². The minimum Gasteiger partial charge on any atom is -0.0882 e. The largest absolute Gasteiger partial charge is 0.0882 e. The van der Waals surface area contributed by atoms with Crippen LogP contribution in [0.1, 0.15) is 140 Å². The predicted molar refractivity (Wildman–Crippen MR) is 140 cm³/mol. The summed E-state index contributed by atoms with van der Waals surface area (Å²) in [7, 11) is 0. The SMILES string of the molecule is C/C=C1/CC(C(C)CCC)CCC1CC.CC.CCC(C)C(C)C1CCCC1CC. The van der Waals surface area contributed by atoms with Gasteiger partial charge in [-0.25, -0.2) is 0 Å². The van der Waals surface area contributed by atoms with Gasteiger partial charge in [-0.15, -0.1) is 0 Å². The molecule has 0 N–H and O–H groups in total. The molecule has 0 aromatic carbocycles. The summed E-state index contributed by atoms with van der Waals surface area (Å²) in [4.78, 5) is 0. The number of hydrogen-bond donors (Lipinski definition) is 0. The Morgan fingerprint density at radius 3 is 2.07 bits per heavy atom. The van der Waals surface area contributed by atoms with Gasteiger partial charge in [0.15, 0.2) is 0 Å². The van der Waals surface area contributed by atoms with Crippen molar-refractivity contribution in [2.75, 3.05) is 0 Å². The first-order valence-electron chi connectivity index (χ1n) is 14.1. The molecular formula is C30H60. The van der Waals surface area contributed by atoms with E-state index >= 15 is 0 Å². The summed E-state index contributed by atoms with van der Waals surface area (Å²) >= 11 is 0. The molecule has 30 heavy (non-hydrogen) atoms. The molecule has 0 heterocycles. The summed E-state index contributed by atoms with van der Waals surface area (Å²) in [5, 5.41) is 0. The van der Waals surface area contributed by atoms with Crippen molar-refractivity contribution in [1.29, 1.82) is 0 Å². The van der Waals surface area contributed by atoms with Gasteiger partial charge in [-0.1, -0.05) is 112 Å². The van der Waals surface area contributed by atoms with Crippen molar-refractivity contribution in [3.63, 3.8) is 0 Å². The first-order valence-corrected chi connectivity index (χ1v) is 14.1. The smallest absolute Gasteiger partial charge is 0.0206 e. The molecule has 0 bridgehead atoms. The molecule has 0 heteroatoms. The third-order valence-electron chi connectivity index (χ3n) is 8.78. The highest BCUT2D eigenvalue weighted by Gasteiger charge is 2.32. The molecular weight excluding hydrogens is 360 g/mol. The lowest BCUT2D eigenvalue weighted by molar-refractivity contribution is 0.203. The van der Waals surface area contributed by atoms with Crippen molar-refractivity contribution in [3.8, 4) is 0 Å². The van der Waals surface area contributed by atoms with Crippen LogP contribution in [0.15, 0.2) is 11.6 Å². The van der Waals surface area contributed by atoms with E-state index in [9.17, 15) is 0 Å². The van der Waals surface area contributed by atoms with Crippen LogP contribution in [0.2, 0.25) is 0 Å². The van der Waals surface area contributed by atoms with Crippen molar-refractivity contribution < 1.29 is 0 Å². The number of hydrogen-bond acceptors (Lipinski definition) is 0. The average Bonchev–Trinajstić information content (AvgIpc) is 3.28. The molecule has 0 spiro atoms. The molecule has 2 aliphatic carbocycles. The Morgan fingerprint density at radius 2 is 1.57 bits per heavy atom. The van der Waals surface area contributed by atoms with Gasteiger partial charge in [-0.2, -0.15) is 0 Å². The van der Waals surface area contributed by atoms with E-state index in [4.69, 9.17) is 0 Å². The van der Waals surface area contributed by atoms with E-state index in [1.54, 1.807) is 5.57 Å². The van der Waals surface area contributed by atoms with Gasteiger partial charge in [0.1, 0.15) is 0 Å². The van der Waals surface area contributed by atoms with E-state index < -0.39 is 0 Å². The monoisotopic (exact) mass is 420 g/mol. The summed E-state index contributed by atoms with van der Waals surface area (Å²) in [5.74, 6) is 6.78. The van der Waals surface area contributed by atoms with Crippen LogP contribution in [0.3, 0.4) is 0 Å². The van der Waals surface area contributed by atoms with Crippen LogP contribution in [0.25, 0.3) is 0 Å². The highest BCUT2D eigenvalue weighted by molar-refractivity contribution is 5.09. The van der Waals surface area contributed by atoms with E-state index in [1.165, 1.54) is 70.6 Å². The van der Waals surface area contributed by atoms with E-state index in [0.717, 1.165) is 41.4 Å². The second-order valence-electron chi connectivity index (χ2n) is 10.3. The molecule has 0 aliphatic heterocycles. The number of allylic oxidation sites excluding steroid dienone is 2. The summed E-state index contributed by atoms with van der Waals surface area (Å²) < 4.78 is 0. The van der Waals surface area contributed by atoms with Crippen LogP contribution in [0.4, 0.5) is 0 Å². The van der Waals surface area contributed by atoms with Gasteiger partial charge in [0.05, 0.1) is 0 Å². The van der Waals surface area contributed by atoms with Gasteiger partial charge in [0.25, 0.3) is 0 Å². The molecule has 0 aromatic rings. The minimum absolute atomic E-state index is 0.903. The maximum Gasteiger partial charge on any atom is -0.0206 e. The maximum absolute atomic E-state index is 2.48. The van der Waals surface area contributed by atoms with Crippen LogP contribution in [-0.4, -0.2) is 0 Å². The normalized spacial score (nSPS) is 30.5. The quantitative estimate of drug-likeness (QED) is 0.342. The average molecular weight is 421 g/mol. The van der Waals surface area contributed by atoms with Gasteiger partial charge in [0.2, 0.25) is 0 Å². The fraction of sp³-hybridized carbons (Fsp3) is 0.933. The zero-order valence-electron chi connectivity index (χ0n) is 22.9. The highest BCUT2D eigenvalue weighted by atomic mass is 14.4. The van der Waals surface area contributed by atoms with E-state index in [1.807, 2.05) is 13.8 Å². The Bertz CT molecular complexity index is 420. The summed E-state index contributed by atoms with van der Waals surface area (Å²) in [6.45, 7) is 22.9. The molecule has 7 unspecified atom stereocenters. The van der Waals surface area contributed by atoms with Crippen LogP contribution in [-0.2, 0) is 0 Å². The first-order chi connectivity index (χ1) is 14.4. The second kappa shape index (κ2) is 17.3. The molecule has 0 amide bonds. The van der Waals surface area contributed by atoms with Crippen molar-refractivity contribution >= 4 is 0 Å². The van der Waals surface area contributed by atoms with Crippen LogP contribution in [0.5, 0.6) is 0 Å². The van der Waals surface area contributed by atoms with Gasteiger partial charge in [-0.05, 0) is 80.5 Å². The minimum atomic E-state index is 0.903. The fourth-order valence-corrected chi connectivity index (χ4v) is 6.23. The summed E-state index contributed by atoms with van der Waals surface area (Å²) in [6.07, 6.45) is 18.0. The molecule has 7 atom stereocenters. The summed E-state index contributed by atoms with van der Waals surface area (Å²) in [6, 6.07) is 0. The molecule has 2 fully saturated rings. The molecule has 0 radical (unpaired) electrons. The van der Waals surface area contributed by atoms with Gasteiger partial charge < -0.3 is 0 Å². The zero-order chi connectivity index (χ0) is 23.1. The van der Waals surface area contributed by atoms with Gasteiger partial charge in [-0.3, -0.25) is 0 Å². The van der Waals surface area contributed by atoms with Crippen LogP contribution >= 0.6 is 0 Å². The molecule has 180 valence electrons. The lowest BCUT2D eigenvalue weighted by Crippen LogP contribution is -2.22. The molecule has 2 saturated carbocycles. The van der Waals surface area contributed by atoms with Crippen molar-refractivity contribution in [2.24, 2.45) is 41.4 Å². The van der Waals surface area contributed by atoms with Crippen molar-refractivity contribution in [2.45, 2.75) is 140 Å². The highest BCUT2D eigenvalue weighted by Crippen LogP contribution is 2.42. The third kappa shape index (κ3) is 9.48.